The maximum Gasteiger partial charge on any atom is 0.136 e. The number of rotatable bonds is 4. The number of aliphatic imine (C=N–C) groups is 1. The molecule has 0 bridgehead atoms. The standard InChI is InChI=1S/C21H22N2/c1-2-3-6-16-9-11-17(12-10-16)20-15-18-7-4-5-8-19(18)21-22-13-14-23(20)21/h4-5,7-12,15H,2-3,6,13-14H2,1H3. The molecule has 0 fully saturated rings. The van der Waals surface area contributed by atoms with E-state index in [1.54, 1.807) is 0 Å². The van der Waals surface area contributed by atoms with E-state index in [2.05, 4.69) is 66.4 Å². The third kappa shape index (κ3) is 2.59. The zero-order valence-corrected chi connectivity index (χ0v) is 13.6. The summed E-state index contributed by atoms with van der Waals surface area (Å²) in [5.74, 6) is 1.13. The summed E-state index contributed by atoms with van der Waals surface area (Å²) in [6.07, 6.45) is 5.99. The number of aryl methyl sites for hydroxylation is 1. The van der Waals surface area contributed by atoms with Crippen molar-refractivity contribution in [3.8, 4) is 0 Å². The molecule has 0 saturated heterocycles. The molecule has 4 rings (SSSR count). The Hall–Kier alpha value is -2.35. The Balaban J connectivity index is 1.71. The van der Waals surface area contributed by atoms with Crippen LogP contribution in [-0.4, -0.2) is 23.8 Å². The minimum atomic E-state index is 0.885. The van der Waals surface area contributed by atoms with Crippen LogP contribution in [0.25, 0.3) is 11.8 Å². The monoisotopic (exact) mass is 302 g/mol. The van der Waals surface area contributed by atoms with Crippen molar-refractivity contribution in [2.45, 2.75) is 26.2 Å². The van der Waals surface area contributed by atoms with Crippen molar-refractivity contribution in [1.29, 1.82) is 0 Å². The number of hydrogen-bond donors (Lipinski definition) is 0. The van der Waals surface area contributed by atoms with Crippen LogP contribution in [0.5, 0.6) is 0 Å². The fourth-order valence-electron chi connectivity index (χ4n) is 3.43. The van der Waals surface area contributed by atoms with E-state index in [4.69, 9.17) is 4.99 Å². The Morgan fingerprint density at radius 2 is 1.87 bits per heavy atom. The summed E-state index contributed by atoms with van der Waals surface area (Å²) in [7, 11) is 0. The highest BCUT2D eigenvalue weighted by molar-refractivity contribution is 6.12. The molecule has 0 atom stereocenters. The molecule has 2 aliphatic heterocycles. The third-order valence-electron chi connectivity index (χ3n) is 4.69. The van der Waals surface area contributed by atoms with Gasteiger partial charge in [-0.2, -0.15) is 0 Å². The summed E-state index contributed by atoms with van der Waals surface area (Å²) < 4.78 is 0. The van der Waals surface area contributed by atoms with Gasteiger partial charge in [0.15, 0.2) is 0 Å². The summed E-state index contributed by atoms with van der Waals surface area (Å²) in [4.78, 5) is 7.10. The van der Waals surface area contributed by atoms with E-state index < -0.39 is 0 Å². The van der Waals surface area contributed by atoms with E-state index in [9.17, 15) is 0 Å². The average Bonchev–Trinajstić information content (AvgIpc) is 3.10. The van der Waals surface area contributed by atoms with Gasteiger partial charge in [0.25, 0.3) is 0 Å². The first-order valence-electron chi connectivity index (χ1n) is 8.59. The minimum Gasteiger partial charge on any atom is -0.324 e. The van der Waals surface area contributed by atoms with Crippen LogP contribution < -0.4 is 0 Å². The summed E-state index contributed by atoms with van der Waals surface area (Å²) in [5, 5.41) is 0. The molecular weight excluding hydrogens is 280 g/mol. The summed E-state index contributed by atoms with van der Waals surface area (Å²) >= 11 is 0. The van der Waals surface area contributed by atoms with E-state index in [1.807, 2.05) is 0 Å². The highest BCUT2D eigenvalue weighted by atomic mass is 15.3. The van der Waals surface area contributed by atoms with E-state index in [0.29, 0.717) is 0 Å². The van der Waals surface area contributed by atoms with Crippen LogP contribution in [0, 0.1) is 0 Å². The topological polar surface area (TPSA) is 15.6 Å². The molecular formula is C21H22N2. The first kappa shape index (κ1) is 14.3. The molecule has 0 spiro atoms. The van der Waals surface area contributed by atoms with Gasteiger partial charge in [-0.3, -0.25) is 4.99 Å². The fourth-order valence-corrected chi connectivity index (χ4v) is 3.43. The predicted molar refractivity (Wildman–Crippen MR) is 97.5 cm³/mol. The number of hydrogen-bond acceptors (Lipinski definition) is 2. The molecule has 2 aliphatic rings. The first-order chi connectivity index (χ1) is 11.4. The number of nitrogens with zero attached hydrogens (tertiary/aromatic N) is 2. The van der Waals surface area contributed by atoms with Crippen LogP contribution >= 0.6 is 0 Å². The van der Waals surface area contributed by atoms with Crippen molar-refractivity contribution in [2.24, 2.45) is 4.99 Å². The number of benzene rings is 2. The van der Waals surface area contributed by atoms with Gasteiger partial charge in [-0.1, -0.05) is 61.9 Å². The Morgan fingerprint density at radius 3 is 2.70 bits per heavy atom. The van der Waals surface area contributed by atoms with Crippen LogP contribution in [0.2, 0.25) is 0 Å². The van der Waals surface area contributed by atoms with Crippen molar-refractivity contribution in [3.05, 3.63) is 70.8 Å². The smallest absolute Gasteiger partial charge is 0.136 e. The molecule has 2 aromatic carbocycles. The second kappa shape index (κ2) is 6.04. The van der Waals surface area contributed by atoms with Crippen LogP contribution in [0.15, 0.2) is 53.5 Å². The Kier molecular flexibility index (Phi) is 3.74. The number of unbranched alkanes of at least 4 members (excludes halogenated alkanes) is 1. The quantitative estimate of drug-likeness (QED) is 0.805. The van der Waals surface area contributed by atoms with Gasteiger partial charge in [-0.15, -0.1) is 0 Å². The van der Waals surface area contributed by atoms with Crippen LogP contribution in [0.4, 0.5) is 0 Å². The van der Waals surface area contributed by atoms with Crippen molar-refractivity contribution in [1.82, 2.24) is 4.90 Å². The second-order valence-corrected chi connectivity index (χ2v) is 6.27. The van der Waals surface area contributed by atoms with Gasteiger partial charge in [-0.25, -0.2) is 0 Å². The molecule has 2 heteroatoms. The molecule has 116 valence electrons. The first-order valence-corrected chi connectivity index (χ1v) is 8.59. The molecule has 0 saturated carbocycles. The van der Waals surface area contributed by atoms with Crippen LogP contribution in [0.1, 0.15) is 42.0 Å². The van der Waals surface area contributed by atoms with E-state index in [-0.39, 0.29) is 0 Å². The third-order valence-corrected chi connectivity index (χ3v) is 4.69. The molecule has 2 aromatic rings. The van der Waals surface area contributed by atoms with E-state index >= 15 is 0 Å². The van der Waals surface area contributed by atoms with E-state index in [1.165, 1.54) is 47.2 Å². The molecule has 0 aliphatic carbocycles. The minimum absolute atomic E-state index is 0.885. The van der Waals surface area contributed by atoms with Gasteiger partial charge < -0.3 is 4.90 Å². The fraction of sp³-hybridized carbons (Fsp3) is 0.286. The Bertz CT molecular complexity index is 769. The van der Waals surface area contributed by atoms with Gasteiger partial charge in [0.1, 0.15) is 5.84 Å². The predicted octanol–water partition coefficient (Wildman–Crippen LogP) is 4.60. The second-order valence-electron chi connectivity index (χ2n) is 6.27. The summed E-state index contributed by atoms with van der Waals surface area (Å²) in [6, 6.07) is 17.6. The van der Waals surface area contributed by atoms with Gasteiger partial charge >= 0.3 is 0 Å². The van der Waals surface area contributed by atoms with Crippen molar-refractivity contribution in [2.75, 3.05) is 13.1 Å². The lowest BCUT2D eigenvalue weighted by molar-refractivity contribution is 0.637. The number of amidine groups is 1. The zero-order chi connectivity index (χ0) is 15.6. The highest BCUT2D eigenvalue weighted by Gasteiger charge is 2.28. The summed E-state index contributed by atoms with van der Waals surface area (Å²) in [5.41, 5.74) is 6.53. The lowest BCUT2D eigenvalue weighted by Gasteiger charge is -2.29. The SMILES string of the molecule is CCCCc1ccc(C2=Cc3ccccc3C3=NCCN23)cc1. The highest BCUT2D eigenvalue weighted by Crippen LogP contribution is 2.33. The maximum absolute atomic E-state index is 4.73. The molecule has 0 N–H and O–H groups in total. The van der Waals surface area contributed by atoms with Gasteiger partial charge in [0, 0.05) is 12.1 Å². The zero-order valence-electron chi connectivity index (χ0n) is 13.6. The molecule has 2 nitrogen and oxygen atoms in total. The molecule has 23 heavy (non-hydrogen) atoms. The Labute approximate surface area is 138 Å². The molecule has 2 heterocycles. The number of fused-ring (bicyclic) bond motifs is 3. The molecule has 0 amide bonds. The average molecular weight is 302 g/mol. The summed E-state index contributed by atoms with van der Waals surface area (Å²) in [6.45, 7) is 4.11. The van der Waals surface area contributed by atoms with E-state index in [0.717, 1.165) is 18.9 Å². The van der Waals surface area contributed by atoms with Crippen molar-refractivity contribution >= 4 is 17.6 Å². The normalized spacial score (nSPS) is 15.8. The molecule has 0 radical (unpaired) electrons. The molecule has 0 aromatic heterocycles. The Morgan fingerprint density at radius 1 is 1.04 bits per heavy atom. The van der Waals surface area contributed by atoms with Crippen LogP contribution in [-0.2, 0) is 6.42 Å². The largest absolute Gasteiger partial charge is 0.324 e. The maximum atomic E-state index is 4.73. The van der Waals surface area contributed by atoms with Crippen LogP contribution in [0.3, 0.4) is 0 Å². The van der Waals surface area contributed by atoms with Crippen molar-refractivity contribution in [3.63, 3.8) is 0 Å². The van der Waals surface area contributed by atoms with Gasteiger partial charge in [0.2, 0.25) is 0 Å². The lowest BCUT2D eigenvalue weighted by atomic mass is 9.96. The van der Waals surface area contributed by atoms with Gasteiger partial charge in [-0.05, 0) is 35.6 Å². The van der Waals surface area contributed by atoms with Gasteiger partial charge in [0.05, 0.1) is 12.2 Å². The molecule has 0 unspecified atom stereocenters. The lowest BCUT2D eigenvalue weighted by Crippen LogP contribution is -2.30. The van der Waals surface area contributed by atoms with Crippen molar-refractivity contribution < 1.29 is 0 Å².